The molecule has 1 N–H and O–H groups in total. The molecule has 1 aromatic heterocycles. The highest BCUT2D eigenvalue weighted by Crippen LogP contribution is 2.43. The number of rotatable bonds is 3. The molecule has 0 amide bonds. The zero-order valence-corrected chi connectivity index (χ0v) is 12.0. The van der Waals surface area contributed by atoms with E-state index >= 15 is 0 Å². The van der Waals surface area contributed by atoms with Gasteiger partial charge in [-0.25, -0.2) is 0 Å². The van der Waals surface area contributed by atoms with Crippen LogP contribution in [0.3, 0.4) is 0 Å². The number of hydrogen-bond acceptors (Lipinski definition) is 2. The van der Waals surface area contributed by atoms with Crippen LogP contribution in [0, 0.1) is 18.8 Å². The van der Waals surface area contributed by atoms with E-state index in [1.807, 2.05) is 6.92 Å². The average molecular weight is 252 g/mol. The van der Waals surface area contributed by atoms with Gasteiger partial charge in [-0.2, -0.15) is 0 Å². The summed E-state index contributed by atoms with van der Waals surface area (Å²) >= 11 is 1.75. The largest absolute Gasteiger partial charge is 0.384 e. The van der Waals surface area contributed by atoms with Crippen molar-refractivity contribution in [2.24, 2.45) is 11.8 Å². The summed E-state index contributed by atoms with van der Waals surface area (Å²) in [4.78, 5) is 2.44. The van der Waals surface area contributed by atoms with E-state index in [9.17, 15) is 5.11 Å². The standard InChI is InChI=1S/C15H24OS/c1-4-12-6-5-7-13(10-12)15(3,16)14-9-8-11(2)17-14/h8-9,12-13,16H,4-7,10H2,1-3H3. The van der Waals surface area contributed by atoms with Gasteiger partial charge >= 0.3 is 0 Å². The summed E-state index contributed by atoms with van der Waals surface area (Å²) in [5.74, 6) is 1.26. The Morgan fingerprint density at radius 1 is 1.41 bits per heavy atom. The summed E-state index contributed by atoms with van der Waals surface area (Å²) in [7, 11) is 0. The van der Waals surface area contributed by atoms with Gasteiger partial charge in [-0.1, -0.05) is 26.2 Å². The van der Waals surface area contributed by atoms with E-state index in [1.54, 1.807) is 11.3 Å². The molecule has 0 spiro atoms. The van der Waals surface area contributed by atoms with Crippen molar-refractivity contribution in [2.45, 2.75) is 58.5 Å². The van der Waals surface area contributed by atoms with E-state index < -0.39 is 5.60 Å². The molecule has 0 aliphatic heterocycles. The van der Waals surface area contributed by atoms with Gasteiger partial charge in [0, 0.05) is 9.75 Å². The monoisotopic (exact) mass is 252 g/mol. The molecule has 1 aromatic rings. The minimum absolute atomic E-state index is 0.444. The maximum absolute atomic E-state index is 10.8. The molecule has 1 fully saturated rings. The molecule has 96 valence electrons. The number of aryl methyl sites for hydroxylation is 1. The molecule has 1 saturated carbocycles. The third-order valence-corrected chi connectivity index (χ3v) is 5.62. The van der Waals surface area contributed by atoms with Crippen LogP contribution in [0.2, 0.25) is 0 Å². The van der Waals surface area contributed by atoms with Crippen LogP contribution in [0.25, 0.3) is 0 Å². The van der Waals surface area contributed by atoms with E-state index in [2.05, 4.69) is 26.0 Å². The molecular formula is C15H24OS. The minimum Gasteiger partial charge on any atom is -0.384 e. The minimum atomic E-state index is -0.618. The molecule has 2 heteroatoms. The van der Waals surface area contributed by atoms with E-state index in [-0.39, 0.29) is 0 Å². The predicted octanol–water partition coefficient (Wildman–Crippen LogP) is 4.48. The Bertz CT molecular complexity index is 367. The van der Waals surface area contributed by atoms with E-state index in [4.69, 9.17) is 0 Å². The molecule has 3 unspecified atom stereocenters. The SMILES string of the molecule is CCC1CCCC(C(C)(O)c2ccc(C)s2)C1. The molecule has 1 heterocycles. The second-order valence-corrected chi connectivity index (χ2v) is 6.98. The summed E-state index contributed by atoms with van der Waals surface area (Å²) in [6.45, 7) is 6.40. The highest BCUT2D eigenvalue weighted by Gasteiger charge is 2.37. The normalized spacial score (nSPS) is 28.9. The van der Waals surface area contributed by atoms with Crippen LogP contribution in [0.1, 0.15) is 55.7 Å². The Morgan fingerprint density at radius 3 is 2.76 bits per heavy atom. The van der Waals surface area contributed by atoms with Crippen LogP contribution in [-0.2, 0) is 5.60 Å². The fourth-order valence-corrected chi connectivity index (χ4v) is 4.07. The van der Waals surface area contributed by atoms with Gasteiger partial charge < -0.3 is 5.11 Å². The first kappa shape index (κ1) is 13.1. The molecule has 0 aromatic carbocycles. The first-order valence-corrected chi connectivity index (χ1v) is 7.65. The maximum Gasteiger partial charge on any atom is 0.0988 e. The molecule has 0 radical (unpaired) electrons. The molecule has 1 aliphatic rings. The van der Waals surface area contributed by atoms with Gasteiger partial charge in [0.25, 0.3) is 0 Å². The summed E-state index contributed by atoms with van der Waals surface area (Å²) in [6, 6.07) is 4.23. The zero-order valence-electron chi connectivity index (χ0n) is 11.2. The quantitative estimate of drug-likeness (QED) is 0.841. The zero-order chi connectivity index (χ0) is 12.5. The maximum atomic E-state index is 10.8. The molecular weight excluding hydrogens is 228 g/mol. The third kappa shape index (κ3) is 2.74. The molecule has 0 bridgehead atoms. The van der Waals surface area contributed by atoms with Crippen LogP contribution in [0.15, 0.2) is 12.1 Å². The van der Waals surface area contributed by atoms with Crippen molar-refractivity contribution < 1.29 is 5.11 Å². The van der Waals surface area contributed by atoms with Crippen LogP contribution in [-0.4, -0.2) is 5.11 Å². The second kappa shape index (κ2) is 5.11. The van der Waals surface area contributed by atoms with Crippen molar-refractivity contribution >= 4 is 11.3 Å². The molecule has 17 heavy (non-hydrogen) atoms. The van der Waals surface area contributed by atoms with Crippen molar-refractivity contribution in [1.82, 2.24) is 0 Å². The van der Waals surface area contributed by atoms with Gasteiger partial charge in [-0.05, 0) is 50.7 Å². The lowest BCUT2D eigenvalue weighted by atomic mass is 9.72. The van der Waals surface area contributed by atoms with Crippen LogP contribution < -0.4 is 0 Å². The number of hydrogen-bond donors (Lipinski definition) is 1. The first-order valence-electron chi connectivity index (χ1n) is 6.83. The van der Waals surface area contributed by atoms with Gasteiger partial charge in [0.15, 0.2) is 0 Å². The van der Waals surface area contributed by atoms with Crippen LogP contribution in [0.4, 0.5) is 0 Å². The predicted molar refractivity (Wildman–Crippen MR) is 74.4 cm³/mol. The molecule has 3 atom stereocenters. The number of thiophene rings is 1. The van der Waals surface area contributed by atoms with Gasteiger partial charge in [-0.15, -0.1) is 11.3 Å². The molecule has 2 rings (SSSR count). The lowest BCUT2D eigenvalue weighted by Crippen LogP contribution is -2.34. The fourth-order valence-electron chi connectivity index (χ4n) is 3.08. The molecule has 1 nitrogen and oxygen atoms in total. The van der Waals surface area contributed by atoms with Crippen LogP contribution in [0.5, 0.6) is 0 Å². The van der Waals surface area contributed by atoms with Crippen molar-refractivity contribution in [2.75, 3.05) is 0 Å². The Balaban J connectivity index is 2.14. The average Bonchev–Trinajstić information content (AvgIpc) is 2.76. The summed E-state index contributed by atoms with van der Waals surface area (Å²) in [5, 5.41) is 10.8. The number of aliphatic hydroxyl groups is 1. The molecule has 1 aliphatic carbocycles. The van der Waals surface area contributed by atoms with Crippen LogP contribution >= 0.6 is 11.3 Å². The summed E-state index contributed by atoms with van der Waals surface area (Å²) in [5.41, 5.74) is -0.618. The Morgan fingerprint density at radius 2 is 2.18 bits per heavy atom. The van der Waals surface area contributed by atoms with Crippen molar-refractivity contribution in [1.29, 1.82) is 0 Å². The lowest BCUT2D eigenvalue weighted by Gasteiger charge is -2.38. The van der Waals surface area contributed by atoms with E-state index in [1.165, 1.54) is 37.0 Å². The van der Waals surface area contributed by atoms with Crippen molar-refractivity contribution in [3.63, 3.8) is 0 Å². The lowest BCUT2D eigenvalue weighted by molar-refractivity contribution is -0.0281. The summed E-state index contributed by atoms with van der Waals surface area (Å²) < 4.78 is 0. The van der Waals surface area contributed by atoms with Gasteiger partial charge in [0.1, 0.15) is 0 Å². The van der Waals surface area contributed by atoms with Gasteiger partial charge in [0.2, 0.25) is 0 Å². The van der Waals surface area contributed by atoms with Crippen molar-refractivity contribution in [3.05, 3.63) is 21.9 Å². The van der Waals surface area contributed by atoms with Gasteiger partial charge in [-0.3, -0.25) is 0 Å². The van der Waals surface area contributed by atoms with Crippen molar-refractivity contribution in [3.8, 4) is 0 Å². The van der Waals surface area contributed by atoms with E-state index in [0.717, 1.165) is 10.8 Å². The topological polar surface area (TPSA) is 20.2 Å². The smallest absolute Gasteiger partial charge is 0.0988 e. The first-order chi connectivity index (χ1) is 8.04. The Hall–Kier alpha value is -0.340. The second-order valence-electron chi connectivity index (χ2n) is 5.70. The molecule has 0 saturated heterocycles. The van der Waals surface area contributed by atoms with E-state index in [0.29, 0.717) is 5.92 Å². The third-order valence-electron chi connectivity index (χ3n) is 4.39. The highest BCUT2D eigenvalue weighted by atomic mass is 32.1. The highest BCUT2D eigenvalue weighted by molar-refractivity contribution is 7.12. The fraction of sp³-hybridized carbons (Fsp3) is 0.733. The van der Waals surface area contributed by atoms with Gasteiger partial charge in [0.05, 0.1) is 5.60 Å². The Labute approximate surface area is 109 Å². The Kier molecular flexibility index (Phi) is 3.94. The summed E-state index contributed by atoms with van der Waals surface area (Å²) in [6.07, 6.45) is 6.27.